The largest absolute Gasteiger partial charge is 0.462 e. The minimum atomic E-state index is -0.332. The molecule has 0 radical (unpaired) electrons. The van der Waals surface area contributed by atoms with Crippen LogP contribution in [0, 0.1) is 5.82 Å². The number of rotatable bonds is 6. The Kier molecular flexibility index (Phi) is 5.53. The second-order valence-corrected chi connectivity index (χ2v) is 7.89. The van der Waals surface area contributed by atoms with Gasteiger partial charge in [-0.3, -0.25) is 9.59 Å². The molecule has 1 amide bonds. The van der Waals surface area contributed by atoms with Crippen molar-refractivity contribution in [2.24, 2.45) is 0 Å². The van der Waals surface area contributed by atoms with Crippen molar-refractivity contribution in [1.82, 2.24) is 14.5 Å². The third-order valence-corrected chi connectivity index (χ3v) is 5.20. The number of ether oxygens (including phenoxy) is 1. The van der Waals surface area contributed by atoms with E-state index in [2.05, 4.69) is 0 Å². The van der Waals surface area contributed by atoms with Gasteiger partial charge in [0.05, 0.1) is 17.1 Å². The fourth-order valence-electron chi connectivity index (χ4n) is 3.91. The van der Waals surface area contributed by atoms with Crippen LogP contribution in [0.15, 0.2) is 48.5 Å². The normalized spacial score (nSPS) is 16.6. The number of fused-ring (bicyclic) bond motifs is 1. The van der Waals surface area contributed by atoms with Crippen molar-refractivity contribution in [3.63, 3.8) is 0 Å². The van der Waals surface area contributed by atoms with Crippen molar-refractivity contribution in [2.45, 2.75) is 45.4 Å². The van der Waals surface area contributed by atoms with Crippen molar-refractivity contribution in [3.8, 4) is 0 Å². The number of halogens is 1. The molecule has 7 heteroatoms. The van der Waals surface area contributed by atoms with Gasteiger partial charge in [-0.1, -0.05) is 24.3 Å². The molecular formula is C23H24FN3O3. The molecule has 0 saturated carbocycles. The molecule has 1 fully saturated rings. The highest BCUT2D eigenvalue weighted by Gasteiger charge is 2.34. The maximum atomic E-state index is 13.2. The molecule has 3 aromatic rings. The van der Waals surface area contributed by atoms with Crippen molar-refractivity contribution in [1.29, 1.82) is 0 Å². The van der Waals surface area contributed by atoms with Crippen LogP contribution in [-0.2, 0) is 27.4 Å². The lowest BCUT2D eigenvalue weighted by Gasteiger charge is -2.17. The molecule has 0 N–H and O–H groups in total. The maximum Gasteiger partial charge on any atom is 0.326 e. The van der Waals surface area contributed by atoms with Crippen LogP contribution in [0.2, 0.25) is 0 Å². The van der Waals surface area contributed by atoms with Gasteiger partial charge < -0.3 is 14.2 Å². The van der Waals surface area contributed by atoms with Gasteiger partial charge in [-0.25, -0.2) is 9.37 Å². The van der Waals surface area contributed by atoms with Crippen molar-refractivity contribution in [3.05, 3.63) is 65.7 Å². The quantitative estimate of drug-likeness (QED) is 0.583. The molecule has 0 unspecified atom stereocenters. The molecule has 1 atom stereocenters. The van der Waals surface area contributed by atoms with E-state index in [1.807, 2.05) is 42.7 Å². The molecule has 6 nitrogen and oxygen atoms in total. The zero-order valence-corrected chi connectivity index (χ0v) is 17.0. The second-order valence-electron chi connectivity index (χ2n) is 7.89. The van der Waals surface area contributed by atoms with Crippen molar-refractivity contribution >= 4 is 22.9 Å². The number of nitrogens with zero attached hydrogens (tertiary/aromatic N) is 3. The summed E-state index contributed by atoms with van der Waals surface area (Å²) in [4.78, 5) is 31.5. The van der Waals surface area contributed by atoms with Gasteiger partial charge in [0, 0.05) is 25.4 Å². The van der Waals surface area contributed by atoms with Gasteiger partial charge in [0.1, 0.15) is 18.2 Å². The molecule has 0 bridgehead atoms. The Hall–Kier alpha value is -3.22. The zero-order valence-electron chi connectivity index (χ0n) is 17.0. The smallest absolute Gasteiger partial charge is 0.326 e. The molecule has 2 heterocycles. The summed E-state index contributed by atoms with van der Waals surface area (Å²) in [6.45, 7) is 4.60. The number of aromatic nitrogens is 2. The molecular weight excluding hydrogens is 385 g/mol. The summed E-state index contributed by atoms with van der Waals surface area (Å²) in [6, 6.07) is 13.8. The first kappa shape index (κ1) is 20.1. The van der Waals surface area contributed by atoms with Gasteiger partial charge in [0.2, 0.25) is 5.91 Å². The number of hydrogen-bond donors (Lipinski definition) is 0. The first-order chi connectivity index (χ1) is 14.4. The Morgan fingerprint density at radius 1 is 1.20 bits per heavy atom. The summed E-state index contributed by atoms with van der Waals surface area (Å²) >= 11 is 0. The number of carbonyl (C=O) groups excluding carboxylic acids is 2. The SMILES string of the molecule is CC(C)OC(=O)Cn1c([C@@H]2CC(=O)N(Cc3ccc(F)cc3)C2)nc2ccccc21. The Morgan fingerprint density at radius 2 is 1.93 bits per heavy atom. The molecule has 30 heavy (non-hydrogen) atoms. The molecule has 1 saturated heterocycles. The van der Waals surface area contributed by atoms with E-state index in [9.17, 15) is 14.0 Å². The predicted octanol–water partition coefficient (Wildman–Crippen LogP) is 3.64. The van der Waals surface area contributed by atoms with E-state index in [4.69, 9.17) is 9.72 Å². The van der Waals surface area contributed by atoms with Gasteiger partial charge >= 0.3 is 5.97 Å². The standard InChI is InChI=1S/C23H24FN3O3/c1-15(2)30-22(29)14-27-20-6-4-3-5-19(20)25-23(27)17-11-21(28)26(13-17)12-16-7-9-18(24)10-8-16/h3-10,15,17H,11-14H2,1-2H3/t17-/m1/s1. The highest BCUT2D eigenvalue weighted by molar-refractivity contribution is 5.82. The average molecular weight is 409 g/mol. The van der Waals surface area contributed by atoms with Crippen LogP contribution in [0.1, 0.15) is 37.6 Å². The molecule has 0 aliphatic carbocycles. The number of amides is 1. The number of likely N-dealkylation sites (tertiary alicyclic amines) is 1. The minimum Gasteiger partial charge on any atom is -0.462 e. The van der Waals surface area contributed by atoms with Crippen LogP contribution in [0.3, 0.4) is 0 Å². The molecule has 1 aromatic heterocycles. The summed E-state index contributed by atoms with van der Waals surface area (Å²) < 4.78 is 20.3. The Morgan fingerprint density at radius 3 is 2.67 bits per heavy atom. The summed E-state index contributed by atoms with van der Waals surface area (Å²) in [5.41, 5.74) is 2.51. The summed E-state index contributed by atoms with van der Waals surface area (Å²) in [5.74, 6) is -0.0231. The lowest BCUT2D eigenvalue weighted by atomic mass is 10.1. The minimum absolute atomic E-state index is 0.0210. The van der Waals surface area contributed by atoms with E-state index in [1.165, 1.54) is 12.1 Å². The van der Waals surface area contributed by atoms with Crippen LogP contribution in [0.5, 0.6) is 0 Å². The summed E-state index contributed by atoms with van der Waals surface area (Å²) in [6.07, 6.45) is 0.124. The third-order valence-electron chi connectivity index (χ3n) is 5.20. The molecule has 4 rings (SSSR count). The van der Waals surface area contributed by atoms with Crippen LogP contribution in [0.4, 0.5) is 4.39 Å². The number of benzene rings is 2. The fourth-order valence-corrected chi connectivity index (χ4v) is 3.91. The van der Waals surface area contributed by atoms with E-state index in [0.29, 0.717) is 25.3 Å². The van der Waals surface area contributed by atoms with Gasteiger partial charge in [-0.15, -0.1) is 0 Å². The van der Waals surface area contributed by atoms with Crippen LogP contribution in [-0.4, -0.2) is 39.0 Å². The highest BCUT2D eigenvalue weighted by atomic mass is 19.1. The molecule has 1 aliphatic rings. The Labute approximate surface area is 174 Å². The van der Waals surface area contributed by atoms with E-state index in [-0.39, 0.29) is 36.3 Å². The molecule has 1 aliphatic heterocycles. The number of para-hydroxylation sites is 2. The van der Waals surface area contributed by atoms with Gasteiger partial charge in [-0.05, 0) is 43.7 Å². The van der Waals surface area contributed by atoms with Crippen molar-refractivity contribution < 1.29 is 18.7 Å². The summed E-state index contributed by atoms with van der Waals surface area (Å²) in [5, 5.41) is 0. The molecule has 156 valence electrons. The highest BCUT2D eigenvalue weighted by Crippen LogP contribution is 2.31. The predicted molar refractivity (Wildman–Crippen MR) is 110 cm³/mol. The second kappa shape index (κ2) is 8.26. The topological polar surface area (TPSA) is 64.4 Å². The van der Waals surface area contributed by atoms with Gasteiger partial charge in [0.15, 0.2) is 0 Å². The maximum absolute atomic E-state index is 13.2. The number of hydrogen-bond acceptors (Lipinski definition) is 4. The molecule has 2 aromatic carbocycles. The lowest BCUT2D eigenvalue weighted by Crippen LogP contribution is -2.25. The zero-order chi connectivity index (χ0) is 21.3. The third kappa shape index (κ3) is 4.20. The number of carbonyl (C=O) groups is 2. The van der Waals surface area contributed by atoms with Crippen LogP contribution in [0.25, 0.3) is 11.0 Å². The number of imidazole rings is 1. The first-order valence-electron chi connectivity index (χ1n) is 10.1. The Balaban J connectivity index is 1.59. The van der Waals surface area contributed by atoms with E-state index >= 15 is 0 Å². The van der Waals surface area contributed by atoms with E-state index < -0.39 is 0 Å². The van der Waals surface area contributed by atoms with E-state index in [1.54, 1.807) is 17.0 Å². The summed E-state index contributed by atoms with van der Waals surface area (Å²) in [7, 11) is 0. The first-order valence-corrected chi connectivity index (χ1v) is 10.1. The lowest BCUT2D eigenvalue weighted by molar-refractivity contribution is -0.148. The number of esters is 1. The molecule has 0 spiro atoms. The van der Waals surface area contributed by atoms with E-state index in [0.717, 1.165) is 16.6 Å². The van der Waals surface area contributed by atoms with Gasteiger partial charge in [-0.2, -0.15) is 0 Å². The average Bonchev–Trinajstić information content (AvgIpc) is 3.24. The van der Waals surface area contributed by atoms with Crippen LogP contribution < -0.4 is 0 Å². The van der Waals surface area contributed by atoms with Crippen molar-refractivity contribution in [2.75, 3.05) is 6.54 Å². The van der Waals surface area contributed by atoms with Crippen LogP contribution >= 0.6 is 0 Å². The van der Waals surface area contributed by atoms with Gasteiger partial charge in [0.25, 0.3) is 0 Å². The Bertz CT molecular complexity index is 1070. The monoisotopic (exact) mass is 409 g/mol. The fraction of sp³-hybridized carbons (Fsp3) is 0.348.